The summed E-state index contributed by atoms with van der Waals surface area (Å²) in [6, 6.07) is 0.112. The Morgan fingerprint density at radius 2 is 2.27 bits per heavy atom. The van der Waals surface area contributed by atoms with Gasteiger partial charge in [-0.1, -0.05) is 6.92 Å². The van der Waals surface area contributed by atoms with Crippen molar-refractivity contribution in [2.24, 2.45) is 5.73 Å². The number of carbonyl (C=O) groups excluding carboxylic acids is 1. The van der Waals surface area contributed by atoms with Crippen LogP contribution >= 0.6 is 0 Å². The molecule has 1 aliphatic heterocycles. The molecule has 1 saturated heterocycles. The quantitative estimate of drug-likeness (QED) is 0.689. The maximum atomic E-state index is 11.8. The van der Waals surface area contributed by atoms with Crippen LogP contribution in [0.2, 0.25) is 0 Å². The number of rotatable bonds is 6. The minimum absolute atomic E-state index is 0.112. The number of nitrogens with two attached hydrogens (primary N) is 1. The molecule has 0 spiro atoms. The molecule has 15 heavy (non-hydrogen) atoms. The molecular formula is C11H23N3O. The van der Waals surface area contributed by atoms with Crippen molar-refractivity contribution in [3.8, 4) is 0 Å². The average molecular weight is 213 g/mol. The highest BCUT2D eigenvalue weighted by Crippen LogP contribution is 2.16. The van der Waals surface area contributed by atoms with E-state index < -0.39 is 0 Å². The molecule has 0 aromatic rings. The lowest BCUT2D eigenvalue weighted by Crippen LogP contribution is -2.42. The highest BCUT2D eigenvalue weighted by atomic mass is 16.2. The molecule has 1 amide bonds. The maximum Gasteiger partial charge on any atom is 0.239 e. The number of likely N-dealkylation sites (tertiary alicyclic amines) is 1. The van der Waals surface area contributed by atoms with Crippen molar-refractivity contribution in [3.63, 3.8) is 0 Å². The third kappa shape index (κ3) is 3.18. The van der Waals surface area contributed by atoms with Crippen molar-refractivity contribution in [1.82, 2.24) is 9.80 Å². The third-order valence-corrected chi connectivity index (χ3v) is 3.00. The van der Waals surface area contributed by atoms with Gasteiger partial charge in [0.1, 0.15) is 0 Å². The van der Waals surface area contributed by atoms with Gasteiger partial charge >= 0.3 is 0 Å². The van der Waals surface area contributed by atoms with E-state index in [1.165, 1.54) is 0 Å². The molecule has 1 unspecified atom stereocenters. The Morgan fingerprint density at radius 1 is 1.53 bits per heavy atom. The first kappa shape index (κ1) is 12.5. The Kier molecular flexibility index (Phi) is 5.05. The van der Waals surface area contributed by atoms with Crippen LogP contribution in [0.15, 0.2) is 0 Å². The van der Waals surface area contributed by atoms with E-state index in [9.17, 15) is 4.79 Å². The zero-order chi connectivity index (χ0) is 11.3. The van der Waals surface area contributed by atoms with Gasteiger partial charge in [-0.05, 0) is 32.4 Å². The van der Waals surface area contributed by atoms with Gasteiger partial charge in [0, 0.05) is 20.1 Å². The van der Waals surface area contributed by atoms with E-state index in [2.05, 4.69) is 11.8 Å². The SMILES string of the molecule is CCCN(CCCN)C1CCN(C)C1=O. The van der Waals surface area contributed by atoms with Crippen LogP contribution in [0.25, 0.3) is 0 Å². The predicted octanol–water partition coefficient (Wildman–Crippen LogP) is 0.278. The summed E-state index contributed by atoms with van der Waals surface area (Å²) in [6.07, 6.45) is 3.05. The van der Waals surface area contributed by atoms with E-state index >= 15 is 0 Å². The second-order valence-corrected chi connectivity index (χ2v) is 4.24. The Balaban J connectivity index is 2.51. The molecule has 2 N–H and O–H groups in total. The lowest BCUT2D eigenvalue weighted by atomic mass is 10.2. The summed E-state index contributed by atoms with van der Waals surface area (Å²) in [5.74, 6) is 0.278. The van der Waals surface area contributed by atoms with Crippen LogP contribution < -0.4 is 5.73 Å². The lowest BCUT2D eigenvalue weighted by molar-refractivity contribution is -0.131. The van der Waals surface area contributed by atoms with Crippen LogP contribution in [-0.2, 0) is 4.79 Å². The van der Waals surface area contributed by atoms with Gasteiger partial charge < -0.3 is 10.6 Å². The second-order valence-electron chi connectivity index (χ2n) is 4.24. The molecule has 1 aliphatic rings. The zero-order valence-corrected chi connectivity index (χ0v) is 9.91. The Labute approximate surface area is 92.4 Å². The first-order valence-corrected chi connectivity index (χ1v) is 5.89. The van der Waals surface area contributed by atoms with E-state index in [1.54, 1.807) is 0 Å². The van der Waals surface area contributed by atoms with Crippen LogP contribution in [0.4, 0.5) is 0 Å². The summed E-state index contributed by atoms with van der Waals surface area (Å²) in [6.45, 7) is 5.71. The standard InChI is InChI=1S/C11H23N3O/c1-3-7-14(8-4-6-12)10-5-9-13(2)11(10)15/h10H,3-9,12H2,1-2H3. The van der Waals surface area contributed by atoms with Gasteiger partial charge in [-0.15, -0.1) is 0 Å². The number of carbonyl (C=O) groups is 1. The zero-order valence-electron chi connectivity index (χ0n) is 9.91. The molecule has 1 heterocycles. The fourth-order valence-electron chi connectivity index (χ4n) is 2.15. The minimum atomic E-state index is 0.112. The number of amides is 1. The minimum Gasteiger partial charge on any atom is -0.344 e. The van der Waals surface area contributed by atoms with E-state index in [4.69, 9.17) is 5.73 Å². The highest BCUT2D eigenvalue weighted by molar-refractivity contribution is 5.83. The third-order valence-electron chi connectivity index (χ3n) is 3.00. The molecular weight excluding hydrogens is 190 g/mol. The molecule has 0 aromatic heterocycles. The topological polar surface area (TPSA) is 49.6 Å². The van der Waals surface area contributed by atoms with E-state index in [0.717, 1.165) is 38.9 Å². The number of likely N-dealkylation sites (N-methyl/N-ethyl adjacent to an activating group) is 1. The molecule has 4 nitrogen and oxygen atoms in total. The van der Waals surface area contributed by atoms with Crippen molar-refractivity contribution in [1.29, 1.82) is 0 Å². The average Bonchev–Trinajstić information content (AvgIpc) is 2.55. The number of hydrogen-bond donors (Lipinski definition) is 1. The maximum absolute atomic E-state index is 11.8. The van der Waals surface area contributed by atoms with Crippen LogP contribution in [0.1, 0.15) is 26.2 Å². The summed E-state index contributed by atoms with van der Waals surface area (Å²) in [7, 11) is 1.88. The van der Waals surface area contributed by atoms with E-state index in [-0.39, 0.29) is 11.9 Å². The van der Waals surface area contributed by atoms with Crippen molar-refractivity contribution < 1.29 is 4.79 Å². The van der Waals surface area contributed by atoms with Crippen LogP contribution in [0, 0.1) is 0 Å². The molecule has 88 valence electrons. The van der Waals surface area contributed by atoms with Crippen molar-refractivity contribution >= 4 is 5.91 Å². The number of nitrogens with zero attached hydrogens (tertiary/aromatic N) is 2. The van der Waals surface area contributed by atoms with Gasteiger partial charge in [-0.2, -0.15) is 0 Å². The summed E-state index contributed by atoms with van der Waals surface area (Å²) in [4.78, 5) is 16.0. The van der Waals surface area contributed by atoms with Gasteiger partial charge in [0.05, 0.1) is 6.04 Å². The fourth-order valence-corrected chi connectivity index (χ4v) is 2.15. The first-order chi connectivity index (χ1) is 7.20. The molecule has 1 atom stereocenters. The summed E-state index contributed by atoms with van der Waals surface area (Å²) in [5, 5.41) is 0. The molecule has 0 aliphatic carbocycles. The molecule has 1 fully saturated rings. The molecule has 4 heteroatoms. The van der Waals surface area contributed by atoms with Crippen LogP contribution in [-0.4, -0.2) is 55.0 Å². The Morgan fingerprint density at radius 3 is 2.73 bits per heavy atom. The van der Waals surface area contributed by atoms with Crippen molar-refractivity contribution in [3.05, 3.63) is 0 Å². The van der Waals surface area contributed by atoms with Gasteiger partial charge in [0.15, 0.2) is 0 Å². The molecule has 0 saturated carbocycles. The van der Waals surface area contributed by atoms with E-state index in [0.29, 0.717) is 6.54 Å². The molecule has 0 aromatic carbocycles. The van der Waals surface area contributed by atoms with Gasteiger partial charge in [-0.25, -0.2) is 0 Å². The normalized spacial score (nSPS) is 21.7. The largest absolute Gasteiger partial charge is 0.344 e. The first-order valence-electron chi connectivity index (χ1n) is 5.89. The monoisotopic (exact) mass is 213 g/mol. The number of hydrogen-bond acceptors (Lipinski definition) is 3. The van der Waals surface area contributed by atoms with Crippen LogP contribution in [0.5, 0.6) is 0 Å². The Hall–Kier alpha value is -0.610. The summed E-state index contributed by atoms with van der Waals surface area (Å²) in [5.41, 5.74) is 5.51. The Bertz CT molecular complexity index is 208. The lowest BCUT2D eigenvalue weighted by Gasteiger charge is -2.26. The molecule has 0 bridgehead atoms. The van der Waals surface area contributed by atoms with Gasteiger partial charge in [-0.3, -0.25) is 9.69 Å². The molecule has 0 radical (unpaired) electrons. The summed E-state index contributed by atoms with van der Waals surface area (Å²) >= 11 is 0. The van der Waals surface area contributed by atoms with E-state index in [1.807, 2.05) is 11.9 Å². The summed E-state index contributed by atoms with van der Waals surface area (Å²) < 4.78 is 0. The smallest absolute Gasteiger partial charge is 0.239 e. The highest BCUT2D eigenvalue weighted by Gasteiger charge is 2.32. The molecule has 1 rings (SSSR count). The second kappa shape index (κ2) is 6.08. The predicted molar refractivity (Wildman–Crippen MR) is 61.6 cm³/mol. The fraction of sp³-hybridized carbons (Fsp3) is 0.909. The van der Waals surface area contributed by atoms with Crippen molar-refractivity contribution in [2.75, 3.05) is 33.2 Å². The van der Waals surface area contributed by atoms with Gasteiger partial charge in [0.25, 0.3) is 0 Å². The van der Waals surface area contributed by atoms with Gasteiger partial charge in [0.2, 0.25) is 5.91 Å². The van der Waals surface area contributed by atoms with Crippen molar-refractivity contribution in [2.45, 2.75) is 32.2 Å². The van der Waals surface area contributed by atoms with Crippen LogP contribution in [0.3, 0.4) is 0 Å².